The van der Waals surface area contributed by atoms with Crippen molar-refractivity contribution in [2.24, 2.45) is 11.8 Å². The summed E-state index contributed by atoms with van der Waals surface area (Å²) in [5, 5.41) is 2.99. The van der Waals surface area contributed by atoms with Gasteiger partial charge in [-0.25, -0.2) is 18.4 Å². The van der Waals surface area contributed by atoms with E-state index in [1.165, 1.54) is 0 Å². The lowest BCUT2D eigenvalue weighted by atomic mass is 9.79. The molecule has 0 spiro atoms. The van der Waals surface area contributed by atoms with E-state index in [1.54, 1.807) is 6.20 Å². The molecule has 2 aromatic rings. The molecule has 0 unspecified atom stereocenters. The molecule has 1 N–H and O–H groups in total. The van der Waals surface area contributed by atoms with Crippen molar-refractivity contribution in [3.63, 3.8) is 0 Å². The van der Waals surface area contributed by atoms with Crippen molar-refractivity contribution in [2.75, 3.05) is 18.1 Å². The van der Waals surface area contributed by atoms with Crippen LogP contribution in [0.4, 0.5) is 0 Å². The molecule has 1 aliphatic heterocycles. The number of pyridine rings is 1. The van der Waals surface area contributed by atoms with E-state index in [0.29, 0.717) is 24.8 Å². The predicted octanol–water partition coefficient (Wildman–Crippen LogP) is 2.67. The van der Waals surface area contributed by atoms with Crippen molar-refractivity contribution in [3.05, 3.63) is 42.1 Å². The zero-order valence-electron chi connectivity index (χ0n) is 17.3. The number of rotatable bonds is 5. The van der Waals surface area contributed by atoms with E-state index in [9.17, 15) is 13.2 Å². The molecule has 160 valence electrons. The third kappa shape index (κ3) is 4.86. The maximum absolute atomic E-state index is 12.3. The molecule has 7 nitrogen and oxygen atoms in total. The molecule has 2 fully saturated rings. The van der Waals surface area contributed by atoms with E-state index in [1.807, 2.05) is 31.3 Å². The number of hydrogen-bond acceptors (Lipinski definition) is 6. The fraction of sp³-hybridized carbons (Fsp3) is 0.545. The third-order valence-electron chi connectivity index (χ3n) is 6.28. The molecule has 3 heterocycles. The van der Waals surface area contributed by atoms with Crippen LogP contribution in [0.1, 0.15) is 49.5 Å². The predicted molar refractivity (Wildman–Crippen MR) is 114 cm³/mol. The molecule has 0 aromatic carbocycles. The van der Waals surface area contributed by atoms with E-state index in [-0.39, 0.29) is 23.3 Å². The van der Waals surface area contributed by atoms with Gasteiger partial charge in [-0.05, 0) is 57.1 Å². The summed E-state index contributed by atoms with van der Waals surface area (Å²) in [5.41, 5.74) is 2.97. The average molecular weight is 429 g/mol. The van der Waals surface area contributed by atoms with Gasteiger partial charge in [0.2, 0.25) is 5.91 Å². The van der Waals surface area contributed by atoms with Gasteiger partial charge >= 0.3 is 0 Å². The molecule has 2 aromatic heterocycles. The molecular weight excluding hydrogens is 400 g/mol. The molecule has 0 bridgehead atoms. The molecule has 1 aliphatic carbocycles. The smallest absolute Gasteiger partial charge is 0.224 e. The minimum atomic E-state index is -3.03. The lowest BCUT2D eigenvalue weighted by Crippen LogP contribution is -2.36. The minimum Gasteiger partial charge on any atom is -0.356 e. The van der Waals surface area contributed by atoms with Crippen molar-refractivity contribution >= 4 is 15.7 Å². The standard InChI is InChI=1S/C22H28N4O3S/c1-15-24-13-19(20-4-2-3-10-23-20)21(26-15)17-7-5-16(6-8-17)12-25-22(27)18-9-11-30(28,29)14-18/h2-4,10,13,16-18H,5-9,11-12,14H2,1H3,(H,25,27)/t16?,17?,18-/m1/s1. The van der Waals surface area contributed by atoms with Crippen LogP contribution in [0.2, 0.25) is 0 Å². The molecule has 4 rings (SSSR count). The Balaban J connectivity index is 1.35. The third-order valence-corrected chi connectivity index (χ3v) is 8.05. The molecule has 1 amide bonds. The zero-order valence-corrected chi connectivity index (χ0v) is 18.1. The average Bonchev–Trinajstić information content (AvgIpc) is 3.13. The summed E-state index contributed by atoms with van der Waals surface area (Å²) < 4.78 is 23.2. The quantitative estimate of drug-likeness (QED) is 0.786. The zero-order chi connectivity index (χ0) is 21.1. The second-order valence-electron chi connectivity index (χ2n) is 8.49. The summed E-state index contributed by atoms with van der Waals surface area (Å²) in [6.07, 6.45) is 8.15. The van der Waals surface area contributed by atoms with Crippen LogP contribution < -0.4 is 5.32 Å². The fourth-order valence-electron chi connectivity index (χ4n) is 4.55. The van der Waals surface area contributed by atoms with Crippen molar-refractivity contribution in [3.8, 4) is 11.3 Å². The maximum Gasteiger partial charge on any atom is 0.224 e. The second kappa shape index (κ2) is 8.79. The highest BCUT2D eigenvalue weighted by atomic mass is 32.2. The topological polar surface area (TPSA) is 102 Å². The summed E-state index contributed by atoms with van der Waals surface area (Å²) >= 11 is 0. The van der Waals surface area contributed by atoms with Gasteiger partial charge in [-0.3, -0.25) is 9.78 Å². The number of sulfone groups is 1. The monoisotopic (exact) mass is 428 g/mol. The number of nitrogens with one attached hydrogen (secondary N) is 1. The minimum absolute atomic E-state index is 0.00502. The first-order valence-corrected chi connectivity index (χ1v) is 12.5. The van der Waals surface area contributed by atoms with Crippen molar-refractivity contribution in [2.45, 2.75) is 44.9 Å². The van der Waals surface area contributed by atoms with Crippen LogP contribution in [0.15, 0.2) is 30.6 Å². The van der Waals surface area contributed by atoms with Crippen molar-refractivity contribution in [1.29, 1.82) is 0 Å². The largest absolute Gasteiger partial charge is 0.356 e. The SMILES string of the molecule is Cc1ncc(-c2ccccn2)c(C2CCC(CNC(=O)[C@@H]3CCS(=O)(=O)C3)CC2)n1. The Hall–Kier alpha value is -2.35. The summed E-state index contributed by atoms with van der Waals surface area (Å²) in [4.78, 5) is 25.9. The van der Waals surface area contributed by atoms with E-state index < -0.39 is 9.84 Å². The summed E-state index contributed by atoms with van der Waals surface area (Å²) in [5.74, 6) is 1.19. The first-order chi connectivity index (χ1) is 14.4. The van der Waals surface area contributed by atoms with Gasteiger partial charge in [-0.15, -0.1) is 0 Å². The highest BCUT2D eigenvalue weighted by molar-refractivity contribution is 7.91. The molecule has 0 radical (unpaired) electrons. The lowest BCUT2D eigenvalue weighted by Gasteiger charge is -2.29. The van der Waals surface area contributed by atoms with Crippen LogP contribution in [-0.2, 0) is 14.6 Å². The Morgan fingerprint density at radius 3 is 2.60 bits per heavy atom. The van der Waals surface area contributed by atoms with Gasteiger partial charge in [0, 0.05) is 30.4 Å². The van der Waals surface area contributed by atoms with Gasteiger partial charge in [-0.1, -0.05) is 6.07 Å². The number of carbonyl (C=O) groups is 1. The van der Waals surface area contributed by atoms with Gasteiger partial charge in [0.15, 0.2) is 9.84 Å². The van der Waals surface area contributed by atoms with E-state index >= 15 is 0 Å². The van der Waals surface area contributed by atoms with Crippen LogP contribution in [0.3, 0.4) is 0 Å². The summed E-state index contributed by atoms with van der Waals surface area (Å²) in [6.45, 7) is 2.54. The Morgan fingerprint density at radius 2 is 1.93 bits per heavy atom. The van der Waals surface area contributed by atoms with Gasteiger partial charge < -0.3 is 5.32 Å². The molecule has 2 aliphatic rings. The molecular formula is C22H28N4O3S. The Kier molecular flexibility index (Phi) is 6.13. The van der Waals surface area contributed by atoms with E-state index in [2.05, 4.69) is 15.3 Å². The first-order valence-electron chi connectivity index (χ1n) is 10.6. The molecule has 1 saturated carbocycles. The van der Waals surface area contributed by atoms with Crippen LogP contribution in [0.5, 0.6) is 0 Å². The maximum atomic E-state index is 12.3. The van der Waals surface area contributed by atoms with Crippen LogP contribution >= 0.6 is 0 Å². The molecule has 8 heteroatoms. The number of aryl methyl sites for hydroxylation is 1. The Morgan fingerprint density at radius 1 is 1.13 bits per heavy atom. The van der Waals surface area contributed by atoms with Crippen LogP contribution in [0, 0.1) is 18.8 Å². The van der Waals surface area contributed by atoms with E-state index in [4.69, 9.17) is 4.98 Å². The molecule has 30 heavy (non-hydrogen) atoms. The first kappa shape index (κ1) is 20.9. The fourth-order valence-corrected chi connectivity index (χ4v) is 6.29. The highest BCUT2D eigenvalue weighted by Crippen LogP contribution is 2.38. The highest BCUT2D eigenvalue weighted by Gasteiger charge is 2.33. The normalized spacial score (nSPS) is 25.7. The number of hydrogen-bond donors (Lipinski definition) is 1. The number of carbonyl (C=O) groups excluding carboxylic acids is 1. The number of nitrogens with zero attached hydrogens (tertiary/aromatic N) is 3. The Labute approximate surface area is 177 Å². The number of aromatic nitrogens is 3. The van der Waals surface area contributed by atoms with Gasteiger partial charge in [-0.2, -0.15) is 0 Å². The van der Waals surface area contributed by atoms with Crippen molar-refractivity contribution < 1.29 is 13.2 Å². The lowest BCUT2D eigenvalue weighted by molar-refractivity contribution is -0.124. The molecule has 1 atom stereocenters. The van der Waals surface area contributed by atoms with Gasteiger partial charge in [0.05, 0.1) is 28.8 Å². The molecule has 1 saturated heterocycles. The van der Waals surface area contributed by atoms with Gasteiger partial charge in [0.25, 0.3) is 0 Å². The van der Waals surface area contributed by atoms with Crippen molar-refractivity contribution in [1.82, 2.24) is 20.3 Å². The van der Waals surface area contributed by atoms with Crippen LogP contribution in [0.25, 0.3) is 11.3 Å². The van der Waals surface area contributed by atoms with Crippen LogP contribution in [-0.4, -0.2) is 47.3 Å². The second-order valence-corrected chi connectivity index (χ2v) is 10.7. The van der Waals surface area contributed by atoms with Gasteiger partial charge in [0.1, 0.15) is 5.82 Å². The van der Waals surface area contributed by atoms with E-state index in [0.717, 1.165) is 48.5 Å². The Bertz CT molecular complexity index is 1000. The summed E-state index contributed by atoms with van der Waals surface area (Å²) in [7, 11) is -3.03. The number of amides is 1. The summed E-state index contributed by atoms with van der Waals surface area (Å²) in [6, 6.07) is 5.86.